The summed E-state index contributed by atoms with van der Waals surface area (Å²) >= 11 is 0. The van der Waals surface area contributed by atoms with Gasteiger partial charge in [0, 0.05) is 40.8 Å². The number of hydrogen-bond acceptors (Lipinski definition) is 5. The number of benzene rings is 3. The van der Waals surface area contributed by atoms with Crippen LogP contribution in [0.25, 0.3) is 22.2 Å². The Morgan fingerprint density at radius 2 is 1.59 bits per heavy atom. The van der Waals surface area contributed by atoms with Crippen LogP contribution in [0.4, 0.5) is 15.8 Å². The smallest absolute Gasteiger partial charge is 0.240 e. The predicted octanol–water partition coefficient (Wildman–Crippen LogP) is 6.33. The van der Waals surface area contributed by atoms with Crippen molar-refractivity contribution in [3.05, 3.63) is 96.6 Å². The van der Waals surface area contributed by atoms with Gasteiger partial charge in [0.1, 0.15) is 22.7 Å². The second-order valence-corrected chi connectivity index (χ2v) is 10.5. The van der Waals surface area contributed by atoms with E-state index in [0.717, 1.165) is 41.5 Å². The number of rotatable bonds is 7. The summed E-state index contributed by atoms with van der Waals surface area (Å²) in [4.78, 5) is 30.4. The molecule has 2 N–H and O–H groups in total. The summed E-state index contributed by atoms with van der Waals surface area (Å²) < 4.78 is 21.4. The fourth-order valence-electron chi connectivity index (χ4n) is 5.22. The number of carbonyl (C=O) groups is 2. The molecule has 1 saturated carbocycles. The average Bonchev–Trinajstić information content (AvgIpc) is 3.53. The van der Waals surface area contributed by atoms with Crippen LogP contribution in [0.2, 0.25) is 0 Å². The highest BCUT2D eigenvalue weighted by molar-refractivity contribution is 6.16. The SMILES string of the molecule is O=C(Nc1ccc(F)cc1)C1(C(=O)Nc2ccc(Oc3ccnc4cc(-c5cc6n(n5)CCC6)ccc34)cc2)CC1. The highest BCUT2D eigenvalue weighted by atomic mass is 19.1. The van der Waals surface area contributed by atoms with Crippen molar-refractivity contribution in [1.82, 2.24) is 14.8 Å². The molecule has 5 aromatic rings. The van der Waals surface area contributed by atoms with E-state index in [9.17, 15) is 14.0 Å². The number of halogens is 1. The van der Waals surface area contributed by atoms with E-state index in [0.29, 0.717) is 35.7 Å². The van der Waals surface area contributed by atoms with Crippen LogP contribution >= 0.6 is 0 Å². The van der Waals surface area contributed by atoms with Crippen LogP contribution < -0.4 is 15.4 Å². The van der Waals surface area contributed by atoms with Gasteiger partial charge >= 0.3 is 0 Å². The maximum Gasteiger partial charge on any atom is 0.240 e. The van der Waals surface area contributed by atoms with Crippen molar-refractivity contribution in [2.24, 2.45) is 5.41 Å². The van der Waals surface area contributed by atoms with Crippen LogP contribution in [0.15, 0.2) is 85.1 Å². The molecule has 0 atom stereocenters. The number of carbonyl (C=O) groups excluding carboxylic acids is 2. The van der Waals surface area contributed by atoms with E-state index in [1.54, 1.807) is 30.5 Å². The Morgan fingerprint density at radius 1 is 0.878 bits per heavy atom. The van der Waals surface area contributed by atoms with Gasteiger partial charge in [-0.3, -0.25) is 19.3 Å². The molecule has 1 aliphatic carbocycles. The van der Waals surface area contributed by atoms with Gasteiger partial charge in [0.25, 0.3) is 0 Å². The molecule has 7 rings (SSSR count). The lowest BCUT2D eigenvalue weighted by atomic mass is 10.0. The molecule has 0 unspecified atom stereocenters. The molecule has 0 saturated heterocycles. The van der Waals surface area contributed by atoms with Gasteiger partial charge in [-0.15, -0.1) is 0 Å². The lowest BCUT2D eigenvalue weighted by Crippen LogP contribution is -2.35. The molecule has 0 bridgehead atoms. The second-order valence-electron chi connectivity index (χ2n) is 10.5. The molecule has 3 aromatic carbocycles. The second kappa shape index (κ2) is 9.85. The molecular formula is C32H26FN5O3. The molecule has 1 aliphatic heterocycles. The van der Waals surface area contributed by atoms with E-state index in [1.165, 1.54) is 30.0 Å². The zero-order valence-electron chi connectivity index (χ0n) is 22.1. The zero-order valence-corrected chi connectivity index (χ0v) is 22.1. The number of nitrogens with zero attached hydrogens (tertiary/aromatic N) is 3. The van der Waals surface area contributed by atoms with Crippen LogP contribution in [0.3, 0.4) is 0 Å². The molecule has 8 nitrogen and oxygen atoms in total. The topological polar surface area (TPSA) is 98.1 Å². The molecule has 2 amide bonds. The van der Waals surface area contributed by atoms with Crippen molar-refractivity contribution in [2.75, 3.05) is 10.6 Å². The third kappa shape index (κ3) is 4.80. The van der Waals surface area contributed by atoms with E-state index in [2.05, 4.69) is 26.4 Å². The normalized spacial score (nSPS) is 14.9. The summed E-state index contributed by atoms with van der Waals surface area (Å²) in [5, 5.41) is 11.2. The Balaban J connectivity index is 1.03. The summed E-state index contributed by atoms with van der Waals surface area (Å²) in [7, 11) is 0. The third-order valence-corrected chi connectivity index (χ3v) is 7.73. The summed E-state index contributed by atoms with van der Waals surface area (Å²) in [6, 6.07) is 22.5. The summed E-state index contributed by atoms with van der Waals surface area (Å²) in [5.74, 6) is 0.102. The molecule has 41 heavy (non-hydrogen) atoms. The molecular weight excluding hydrogens is 521 g/mol. The highest BCUT2D eigenvalue weighted by Gasteiger charge is 2.56. The Kier molecular flexibility index (Phi) is 6.00. The zero-order chi connectivity index (χ0) is 28.0. The number of hydrogen-bond donors (Lipinski definition) is 2. The first-order valence-corrected chi connectivity index (χ1v) is 13.6. The number of anilines is 2. The Labute approximate surface area is 235 Å². The molecule has 2 aliphatic rings. The van der Waals surface area contributed by atoms with Gasteiger partial charge in [0.15, 0.2) is 0 Å². The van der Waals surface area contributed by atoms with Gasteiger partial charge in [0.2, 0.25) is 11.8 Å². The molecule has 2 aromatic heterocycles. The van der Waals surface area contributed by atoms with E-state index in [-0.39, 0.29) is 5.91 Å². The number of amides is 2. The van der Waals surface area contributed by atoms with E-state index in [1.807, 2.05) is 24.3 Å². The summed E-state index contributed by atoms with van der Waals surface area (Å²) in [5.41, 5.74) is 3.92. The number of fused-ring (bicyclic) bond motifs is 2. The average molecular weight is 548 g/mol. The number of ether oxygens (including phenoxy) is 1. The van der Waals surface area contributed by atoms with Crippen molar-refractivity contribution < 1.29 is 18.7 Å². The van der Waals surface area contributed by atoms with Crippen molar-refractivity contribution in [1.29, 1.82) is 0 Å². The van der Waals surface area contributed by atoms with Gasteiger partial charge in [-0.25, -0.2) is 4.39 Å². The fourth-order valence-corrected chi connectivity index (χ4v) is 5.22. The molecule has 204 valence electrons. The largest absolute Gasteiger partial charge is 0.457 e. The fraction of sp³-hybridized carbons (Fsp3) is 0.188. The number of nitrogens with one attached hydrogen (secondary N) is 2. The highest BCUT2D eigenvalue weighted by Crippen LogP contribution is 2.47. The van der Waals surface area contributed by atoms with E-state index >= 15 is 0 Å². The van der Waals surface area contributed by atoms with Gasteiger partial charge in [-0.2, -0.15) is 5.10 Å². The number of aryl methyl sites for hydroxylation is 2. The number of aromatic nitrogens is 3. The first kappa shape index (κ1) is 25.0. The number of pyridine rings is 1. The van der Waals surface area contributed by atoms with Crippen molar-refractivity contribution in [2.45, 2.75) is 32.2 Å². The van der Waals surface area contributed by atoms with Gasteiger partial charge in [-0.1, -0.05) is 6.07 Å². The quantitative estimate of drug-likeness (QED) is 0.232. The van der Waals surface area contributed by atoms with E-state index < -0.39 is 17.1 Å². The van der Waals surface area contributed by atoms with Crippen LogP contribution in [-0.4, -0.2) is 26.6 Å². The monoisotopic (exact) mass is 547 g/mol. The first-order valence-electron chi connectivity index (χ1n) is 13.6. The molecule has 3 heterocycles. The van der Waals surface area contributed by atoms with Crippen LogP contribution in [0.1, 0.15) is 25.0 Å². The maximum atomic E-state index is 13.2. The van der Waals surface area contributed by atoms with Crippen molar-refractivity contribution >= 4 is 34.1 Å². The first-order chi connectivity index (χ1) is 20.0. The minimum Gasteiger partial charge on any atom is -0.457 e. The molecule has 9 heteroatoms. The Morgan fingerprint density at radius 3 is 2.27 bits per heavy atom. The van der Waals surface area contributed by atoms with Crippen LogP contribution in [0.5, 0.6) is 11.5 Å². The lowest BCUT2D eigenvalue weighted by molar-refractivity contribution is -0.131. The summed E-state index contributed by atoms with van der Waals surface area (Å²) in [6.45, 7) is 0.968. The molecule has 1 fully saturated rings. The van der Waals surface area contributed by atoms with Crippen molar-refractivity contribution in [3.8, 4) is 22.8 Å². The summed E-state index contributed by atoms with van der Waals surface area (Å²) in [6.07, 6.45) is 4.83. The van der Waals surface area contributed by atoms with Gasteiger partial charge in [-0.05, 0) is 98.5 Å². The maximum absolute atomic E-state index is 13.2. The van der Waals surface area contributed by atoms with E-state index in [4.69, 9.17) is 9.84 Å². The third-order valence-electron chi connectivity index (χ3n) is 7.73. The lowest BCUT2D eigenvalue weighted by Gasteiger charge is -2.16. The van der Waals surface area contributed by atoms with Gasteiger partial charge < -0.3 is 15.4 Å². The van der Waals surface area contributed by atoms with Crippen molar-refractivity contribution in [3.63, 3.8) is 0 Å². The Hall–Kier alpha value is -5.05. The van der Waals surface area contributed by atoms with Crippen LogP contribution in [-0.2, 0) is 22.6 Å². The minimum atomic E-state index is -1.13. The van der Waals surface area contributed by atoms with Gasteiger partial charge in [0.05, 0.1) is 11.2 Å². The van der Waals surface area contributed by atoms with Crippen LogP contribution in [0, 0.1) is 11.2 Å². The standard InChI is InChI=1S/C32H26FN5O3/c33-21-4-6-22(7-5-21)35-30(39)32(14-15-32)31(40)36-23-8-10-25(11-9-23)41-29-13-16-34-28-18-20(3-12-26(28)29)27-19-24-2-1-17-38(24)37-27/h3-13,16,18-19H,1-2,14-15,17H2,(H,35,39)(H,36,40). The minimum absolute atomic E-state index is 0.371. The predicted molar refractivity (Wildman–Crippen MR) is 153 cm³/mol. The molecule has 0 spiro atoms. The molecule has 0 radical (unpaired) electrons. The Bertz CT molecular complexity index is 1770.